The Labute approximate surface area is 158 Å². The molecular weight excluding hydrogens is 345 g/mol. The van der Waals surface area contributed by atoms with E-state index in [1.807, 2.05) is 37.3 Å². The molecule has 3 rings (SSSR count). The van der Waals surface area contributed by atoms with Crippen LogP contribution in [0.15, 0.2) is 54.6 Å². The number of carbonyl (C=O) groups excluding carboxylic acids is 2. The summed E-state index contributed by atoms with van der Waals surface area (Å²) < 4.78 is 13.0. The highest BCUT2D eigenvalue weighted by Gasteiger charge is 2.27. The van der Waals surface area contributed by atoms with E-state index in [4.69, 9.17) is 0 Å². The molecule has 2 aromatic carbocycles. The topological polar surface area (TPSA) is 52.7 Å². The van der Waals surface area contributed by atoms with Gasteiger partial charge in [-0.2, -0.15) is 0 Å². The predicted octanol–water partition coefficient (Wildman–Crippen LogP) is 2.29. The summed E-state index contributed by atoms with van der Waals surface area (Å²) in [5.41, 5.74) is 1.55. The number of benzene rings is 2. The smallest absolute Gasteiger partial charge is 0.253 e. The van der Waals surface area contributed by atoms with E-state index in [0.29, 0.717) is 38.3 Å². The molecule has 1 aliphatic heterocycles. The van der Waals surface area contributed by atoms with Crippen molar-refractivity contribution in [3.8, 4) is 0 Å². The quantitative estimate of drug-likeness (QED) is 0.880. The summed E-state index contributed by atoms with van der Waals surface area (Å²) in [4.78, 5) is 28.7. The lowest BCUT2D eigenvalue weighted by molar-refractivity contribution is -0.126. The first-order chi connectivity index (χ1) is 13.0. The Morgan fingerprint density at radius 3 is 2.26 bits per heavy atom. The Bertz CT molecular complexity index is 772. The van der Waals surface area contributed by atoms with Crippen LogP contribution in [0.1, 0.15) is 22.8 Å². The van der Waals surface area contributed by atoms with E-state index < -0.39 is 0 Å². The van der Waals surface area contributed by atoms with E-state index in [1.54, 1.807) is 4.90 Å². The number of hydrogen-bond acceptors (Lipinski definition) is 3. The number of carbonyl (C=O) groups is 2. The van der Waals surface area contributed by atoms with Crippen LogP contribution in [0, 0.1) is 5.82 Å². The zero-order valence-electron chi connectivity index (χ0n) is 15.4. The third kappa shape index (κ3) is 4.92. The highest BCUT2D eigenvalue weighted by Crippen LogP contribution is 2.12. The first-order valence-electron chi connectivity index (χ1n) is 9.15. The Balaban J connectivity index is 1.48. The molecule has 1 heterocycles. The fourth-order valence-electron chi connectivity index (χ4n) is 3.19. The lowest BCUT2D eigenvalue weighted by atomic mass is 10.1. The molecule has 0 aromatic heterocycles. The molecule has 1 aliphatic rings. The molecule has 6 heteroatoms. The molecule has 1 saturated heterocycles. The number of nitrogens with zero attached hydrogens (tertiary/aromatic N) is 2. The van der Waals surface area contributed by atoms with Gasteiger partial charge < -0.3 is 10.2 Å². The van der Waals surface area contributed by atoms with E-state index in [0.717, 1.165) is 5.56 Å². The molecule has 2 amide bonds. The minimum absolute atomic E-state index is 0.0165. The molecular formula is C21H24FN3O2. The second-order valence-electron chi connectivity index (χ2n) is 6.71. The zero-order valence-corrected chi connectivity index (χ0v) is 15.4. The van der Waals surface area contributed by atoms with E-state index in [1.165, 1.54) is 24.3 Å². The highest BCUT2D eigenvalue weighted by molar-refractivity contribution is 5.94. The van der Waals surface area contributed by atoms with Gasteiger partial charge in [0.05, 0.1) is 6.04 Å². The van der Waals surface area contributed by atoms with Crippen LogP contribution < -0.4 is 5.32 Å². The second kappa shape index (κ2) is 8.77. The van der Waals surface area contributed by atoms with Gasteiger partial charge in [0.15, 0.2) is 0 Å². The average molecular weight is 369 g/mol. The van der Waals surface area contributed by atoms with Crippen LogP contribution in [0.25, 0.3) is 0 Å². The van der Waals surface area contributed by atoms with Crippen LogP contribution in [0.2, 0.25) is 0 Å². The van der Waals surface area contributed by atoms with Crippen molar-refractivity contribution in [1.29, 1.82) is 0 Å². The van der Waals surface area contributed by atoms with Crippen LogP contribution in [-0.2, 0) is 11.3 Å². The number of piperazine rings is 1. The van der Waals surface area contributed by atoms with Crippen LogP contribution >= 0.6 is 0 Å². The SMILES string of the molecule is CC(C(=O)NCc1ccccc1)N1CCN(C(=O)c2ccc(F)cc2)CC1. The standard InChI is InChI=1S/C21H24FN3O2/c1-16(20(26)23-15-17-5-3-2-4-6-17)24-11-13-25(14-12-24)21(27)18-7-9-19(22)10-8-18/h2-10,16H,11-15H2,1H3,(H,23,26). The minimum Gasteiger partial charge on any atom is -0.351 e. The average Bonchev–Trinajstić information content (AvgIpc) is 2.72. The Morgan fingerprint density at radius 2 is 1.63 bits per heavy atom. The summed E-state index contributed by atoms with van der Waals surface area (Å²) in [5.74, 6) is -0.472. The summed E-state index contributed by atoms with van der Waals surface area (Å²) >= 11 is 0. The second-order valence-corrected chi connectivity index (χ2v) is 6.71. The zero-order chi connectivity index (χ0) is 19.2. The number of rotatable bonds is 5. The van der Waals surface area contributed by atoms with Gasteiger partial charge in [-0.25, -0.2) is 4.39 Å². The number of amides is 2. The van der Waals surface area contributed by atoms with Crippen molar-refractivity contribution in [2.75, 3.05) is 26.2 Å². The molecule has 0 bridgehead atoms. The summed E-state index contributed by atoms with van der Waals surface area (Å²) in [6.45, 7) is 4.75. The fourth-order valence-corrected chi connectivity index (χ4v) is 3.19. The van der Waals surface area contributed by atoms with E-state index in [2.05, 4.69) is 10.2 Å². The first kappa shape index (κ1) is 19.0. The molecule has 5 nitrogen and oxygen atoms in total. The van der Waals surface area contributed by atoms with Crippen molar-refractivity contribution < 1.29 is 14.0 Å². The Kier molecular flexibility index (Phi) is 6.19. The summed E-state index contributed by atoms with van der Waals surface area (Å²) in [5, 5.41) is 2.96. The van der Waals surface area contributed by atoms with Crippen molar-refractivity contribution in [1.82, 2.24) is 15.1 Å². The third-order valence-electron chi connectivity index (χ3n) is 4.93. The normalized spacial score (nSPS) is 16.0. The fraction of sp³-hybridized carbons (Fsp3) is 0.333. The minimum atomic E-state index is -0.355. The number of halogens is 1. The molecule has 0 aliphatic carbocycles. The van der Waals surface area contributed by atoms with Gasteiger partial charge in [-0.1, -0.05) is 30.3 Å². The molecule has 2 aromatic rings. The maximum Gasteiger partial charge on any atom is 0.253 e. The third-order valence-corrected chi connectivity index (χ3v) is 4.93. The van der Waals surface area contributed by atoms with Gasteiger partial charge in [0.25, 0.3) is 5.91 Å². The highest BCUT2D eigenvalue weighted by atomic mass is 19.1. The monoisotopic (exact) mass is 369 g/mol. The number of hydrogen-bond donors (Lipinski definition) is 1. The molecule has 1 N–H and O–H groups in total. The summed E-state index contributed by atoms with van der Waals surface area (Å²) in [7, 11) is 0. The van der Waals surface area contributed by atoms with E-state index in [-0.39, 0.29) is 23.7 Å². The lowest BCUT2D eigenvalue weighted by Gasteiger charge is -2.37. The Morgan fingerprint density at radius 1 is 1.00 bits per heavy atom. The molecule has 27 heavy (non-hydrogen) atoms. The maximum atomic E-state index is 13.0. The van der Waals surface area contributed by atoms with Crippen molar-refractivity contribution in [3.05, 3.63) is 71.5 Å². The molecule has 142 valence electrons. The van der Waals surface area contributed by atoms with Crippen LogP contribution in [-0.4, -0.2) is 53.8 Å². The summed E-state index contributed by atoms with van der Waals surface area (Å²) in [6, 6.07) is 15.1. The molecule has 1 fully saturated rings. The van der Waals surface area contributed by atoms with Gasteiger partial charge in [0, 0.05) is 38.3 Å². The van der Waals surface area contributed by atoms with Crippen LogP contribution in [0.5, 0.6) is 0 Å². The Hall–Kier alpha value is -2.73. The maximum absolute atomic E-state index is 13.0. The van der Waals surface area contributed by atoms with E-state index >= 15 is 0 Å². The van der Waals surface area contributed by atoms with Crippen molar-refractivity contribution in [2.24, 2.45) is 0 Å². The first-order valence-corrected chi connectivity index (χ1v) is 9.15. The van der Waals surface area contributed by atoms with Gasteiger partial charge in [-0.05, 0) is 36.8 Å². The van der Waals surface area contributed by atoms with Crippen LogP contribution in [0.3, 0.4) is 0 Å². The largest absolute Gasteiger partial charge is 0.351 e. The predicted molar refractivity (Wildman–Crippen MR) is 102 cm³/mol. The van der Waals surface area contributed by atoms with Gasteiger partial charge >= 0.3 is 0 Å². The molecule has 0 radical (unpaired) electrons. The van der Waals surface area contributed by atoms with Gasteiger partial charge in [-0.15, -0.1) is 0 Å². The molecule has 0 saturated carbocycles. The van der Waals surface area contributed by atoms with Crippen molar-refractivity contribution in [3.63, 3.8) is 0 Å². The van der Waals surface area contributed by atoms with Crippen molar-refractivity contribution in [2.45, 2.75) is 19.5 Å². The molecule has 1 unspecified atom stereocenters. The number of nitrogens with one attached hydrogen (secondary N) is 1. The van der Waals surface area contributed by atoms with Gasteiger partial charge in [-0.3, -0.25) is 14.5 Å². The van der Waals surface area contributed by atoms with E-state index in [9.17, 15) is 14.0 Å². The van der Waals surface area contributed by atoms with Gasteiger partial charge in [0.1, 0.15) is 5.82 Å². The molecule has 1 atom stereocenters. The van der Waals surface area contributed by atoms with Crippen molar-refractivity contribution >= 4 is 11.8 Å². The van der Waals surface area contributed by atoms with Crippen LogP contribution in [0.4, 0.5) is 4.39 Å². The van der Waals surface area contributed by atoms with Gasteiger partial charge in [0.2, 0.25) is 5.91 Å². The summed E-state index contributed by atoms with van der Waals surface area (Å²) in [6.07, 6.45) is 0. The molecule has 0 spiro atoms. The lowest BCUT2D eigenvalue weighted by Crippen LogP contribution is -2.54.